The molecule has 11 heteroatoms. The molecule has 1 aliphatic heterocycles. The van der Waals surface area contributed by atoms with Crippen LogP contribution in [0.1, 0.15) is 37.8 Å². The van der Waals surface area contributed by atoms with E-state index >= 15 is 0 Å². The zero-order valence-corrected chi connectivity index (χ0v) is 26.3. The first kappa shape index (κ1) is 32.7. The van der Waals surface area contributed by atoms with Crippen LogP contribution < -0.4 is 23.8 Å². The first-order valence-electron chi connectivity index (χ1n) is 14.9. The molecule has 2 amide bonds. The first-order valence-corrected chi connectivity index (χ1v) is 16.5. The largest absolute Gasteiger partial charge is 0.497 e. The van der Waals surface area contributed by atoms with E-state index in [1.807, 2.05) is 49.4 Å². The van der Waals surface area contributed by atoms with E-state index in [2.05, 4.69) is 5.32 Å². The van der Waals surface area contributed by atoms with E-state index < -0.39 is 28.5 Å². The van der Waals surface area contributed by atoms with Crippen molar-refractivity contribution in [3.63, 3.8) is 0 Å². The van der Waals surface area contributed by atoms with Crippen LogP contribution in [0.3, 0.4) is 0 Å². The molecular formula is C33H41N3O7S. The van der Waals surface area contributed by atoms with Gasteiger partial charge in [-0.25, -0.2) is 8.42 Å². The smallest absolute Gasteiger partial charge is 0.244 e. The van der Waals surface area contributed by atoms with Crippen LogP contribution in [-0.4, -0.2) is 70.3 Å². The zero-order chi connectivity index (χ0) is 31.5. The number of amides is 2. The molecule has 0 radical (unpaired) electrons. The summed E-state index contributed by atoms with van der Waals surface area (Å²) in [4.78, 5) is 29.6. The lowest BCUT2D eigenvalue weighted by Crippen LogP contribution is -2.53. The minimum absolute atomic E-state index is 0.0654. The summed E-state index contributed by atoms with van der Waals surface area (Å²) in [5, 5.41) is 2.99. The van der Waals surface area contributed by atoms with Gasteiger partial charge in [0.15, 0.2) is 11.5 Å². The molecule has 236 valence electrons. The van der Waals surface area contributed by atoms with Crippen molar-refractivity contribution in [3.05, 3.63) is 83.9 Å². The third kappa shape index (κ3) is 8.43. The second-order valence-corrected chi connectivity index (χ2v) is 12.6. The van der Waals surface area contributed by atoms with Crippen LogP contribution in [0.25, 0.3) is 0 Å². The summed E-state index contributed by atoms with van der Waals surface area (Å²) in [6.45, 7) is 4.31. The highest BCUT2D eigenvalue weighted by Gasteiger charge is 2.34. The molecule has 0 spiro atoms. The number of ether oxygens (including phenoxy) is 3. The molecule has 1 heterocycles. The van der Waals surface area contributed by atoms with Gasteiger partial charge in [0.1, 0.15) is 31.5 Å². The Morgan fingerprint density at radius 2 is 1.66 bits per heavy atom. The Labute approximate surface area is 260 Å². The van der Waals surface area contributed by atoms with Crippen LogP contribution in [0.5, 0.6) is 17.2 Å². The molecule has 0 unspecified atom stereocenters. The summed E-state index contributed by atoms with van der Waals surface area (Å²) < 4.78 is 44.6. The summed E-state index contributed by atoms with van der Waals surface area (Å²) in [5.74, 6) is 0.465. The first-order chi connectivity index (χ1) is 21.2. The topological polar surface area (TPSA) is 114 Å². The fourth-order valence-electron chi connectivity index (χ4n) is 4.93. The normalized spacial score (nSPS) is 13.1. The van der Waals surface area contributed by atoms with Gasteiger partial charge in [0.25, 0.3) is 0 Å². The number of sulfonamides is 1. The van der Waals surface area contributed by atoms with E-state index in [0.29, 0.717) is 37.0 Å². The number of hydrogen-bond donors (Lipinski definition) is 1. The lowest BCUT2D eigenvalue weighted by molar-refractivity contribution is -0.140. The number of nitrogens with one attached hydrogen (secondary N) is 1. The molecule has 0 aromatic heterocycles. The summed E-state index contributed by atoms with van der Waals surface area (Å²) in [7, 11) is -2.35. The van der Waals surface area contributed by atoms with Gasteiger partial charge < -0.3 is 24.4 Å². The second kappa shape index (κ2) is 15.5. The monoisotopic (exact) mass is 623 g/mol. The number of nitrogens with zero attached hydrogens (tertiary/aromatic N) is 2. The molecule has 1 atom stereocenters. The molecule has 3 aromatic carbocycles. The van der Waals surface area contributed by atoms with E-state index in [4.69, 9.17) is 14.2 Å². The molecule has 0 fully saturated rings. The summed E-state index contributed by atoms with van der Waals surface area (Å²) in [5.41, 5.74) is 1.88. The van der Waals surface area contributed by atoms with Crippen molar-refractivity contribution in [1.29, 1.82) is 0 Å². The fraction of sp³-hybridized carbons (Fsp3) is 0.394. The van der Waals surface area contributed by atoms with Crippen molar-refractivity contribution in [2.75, 3.05) is 43.5 Å². The van der Waals surface area contributed by atoms with Crippen LogP contribution in [0.4, 0.5) is 5.69 Å². The van der Waals surface area contributed by atoms with Gasteiger partial charge >= 0.3 is 0 Å². The SMILES string of the molecule is CCCCNC(=O)[C@@H](Cc1ccccc1)N(Cc1cccc(OC)c1)C(=O)CN(c1ccc2c(c1)OCCO2)S(=O)(=O)CC. The maximum atomic E-state index is 14.4. The van der Waals surface area contributed by atoms with Gasteiger partial charge in [-0.15, -0.1) is 0 Å². The van der Waals surface area contributed by atoms with Gasteiger partial charge in [-0.3, -0.25) is 13.9 Å². The molecule has 0 saturated carbocycles. The van der Waals surface area contributed by atoms with Gasteiger partial charge in [-0.05, 0) is 48.7 Å². The van der Waals surface area contributed by atoms with E-state index in [9.17, 15) is 18.0 Å². The maximum Gasteiger partial charge on any atom is 0.244 e. The van der Waals surface area contributed by atoms with Gasteiger partial charge in [0.05, 0.1) is 18.6 Å². The molecule has 0 aliphatic carbocycles. The molecular weight excluding hydrogens is 582 g/mol. The van der Waals surface area contributed by atoms with Crippen LogP contribution in [0.15, 0.2) is 72.8 Å². The number of rotatable bonds is 15. The number of fused-ring (bicyclic) bond motifs is 1. The highest BCUT2D eigenvalue weighted by atomic mass is 32.2. The van der Waals surface area contributed by atoms with E-state index in [-0.39, 0.29) is 30.3 Å². The van der Waals surface area contributed by atoms with Crippen LogP contribution in [-0.2, 0) is 32.6 Å². The molecule has 0 saturated heterocycles. The Morgan fingerprint density at radius 3 is 2.36 bits per heavy atom. The van der Waals surface area contributed by atoms with Crippen LogP contribution in [0.2, 0.25) is 0 Å². The van der Waals surface area contributed by atoms with Crippen molar-refractivity contribution >= 4 is 27.5 Å². The van der Waals surface area contributed by atoms with Crippen molar-refractivity contribution in [1.82, 2.24) is 10.2 Å². The lowest BCUT2D eigenvalue weighted by Gasteiger charge is -2.34. The maximum absolute atomic E-state index is 14.4. The van der Waals surface area contributed by atoms with E-state index in [0.717, 1.165) is 28.3 Å². The Bertz CT molecular complexity index is 1510. The van der Waals surface area contributed by atoms with Gasteiger partial charge in [0.2, 0.25) is 21.8 Å². The average molecular weight is 624 g/mol. The number of hydrogen-bond acceptors (Lipinski definition) is 7. The quantitative estimate of drug-likeness (QED) is 0.253. The third-order valence-corrected chi connectivity index (χ3v) is 9.12. The van der Waals surface area contributed by atoms with Crippen LogP contribution in [0, 0.1) is 0 Å². The predicted octanol–water partition coefficient (Wildman–Crippen LogP) is 4.18. The number of unbranched alkanes of at least 4 members (excludes halogenated alkanes) is 1. The molecule has 4 rings (SSSR count). The Balaban J connectivity index is 1.74. The number of anilines is 1. The second-order valence-electron chi connectivity index (χ2n) is 10.5. The number of benzene rings is 3. The van der Waals surface area contributed by atoms with Crippen molar-refractivity contribution < 1.29 is 32.2 Å². The average Bonchev–Trinajstić information content (AvgIpc) is 3.05. The van der Waals surface area contributed by atoms with Crippen LogP contribution >= 0.6 is 0 Å². The molecule has 3 aromatic rings. The van der Waals surface area contributed by atoms with Gasteiger partial charge in [-0.1, -0.05) is 55.8 Å². The summed E-state index contributed by atoms with van der Waals surface area (Å²) in [6.07, 6.45) is 1.94. The fourth-order valence-corrected chi connectivity index (χ4v) is 5.99. The molecule has 44 heavy (non-hydrogen) atoms. The summed E-state index contributed by atoms with van der Waals surface area (Å²) in [6, 6.07) is 20.6. The predicted molar refractivity (Wildman–Crippen MR) is 170 cm³/mol. The number of carbonyl (C=O) groups excluding carboxylic acids is 2. The summed E-state index contributed by atoms with van der Waals surface area (Å²) >= 11 is 0. The number of methoxy groups -OCH3 is 1. The third-order valence-electron chi connectivity index (χ3n) is 7.38. The molecule has 10 nitrogen and oxygen atoms in total. The Hall–Kier alpha value is -4.25. The highest BCUT2D eigenvalue weighted by Crippen LogP contribution is 2.35. The lowest BCUT2D eigenvalue weighted by atomic mass is 10.0. The van der Waals surface area contributed by atoms with E-state index in [1.165, 1.54) is 11.8 Å². The highest BCUT2D eigenvalue weighted by molar-refractivity contribution is 7.92. The zero-order valence-electron chi connectivity index (χ0n) is 25.5. The van der Waals surface area contributed by atoms with Gasteiger partial charge in [-0.2, -0.15) is 0 Å². The van der Waals surface area contributed by atoms with E-state index in [1.54, 1.807) is 37.4 Å². The van der Waals surface area contributed by atoms with Crippen molar-refractivity contribution in [2.24, 2.45) is 0 Å². The Kier molecular flexibility index (Phi) is 11.5. The minimum Gasteiger partial charge on any atom is -0.497 e. The Morgan fingerprint density at radius 1 is 0.932 bits per heavy atom. The number of carbonyl (C=O) groups is 2. The standard InChI is InChI=1S/C33H41N3O7S/c1-4-6-17-34-33(38)29(21-25-11-8-7-9-12-25)35(23-26-13-10-14-28(20-26)41-3)32(37)24-36(44(39,40)5-2)27-15-16-30-31(22-27)43-19-18-42-30/h7-16,20,22,29H,4-6,17-19,21,23-24H2,1-3H3,(H,34,38)/t29-/m1/s1. The van der Waals surface area contributed by atoms with Crippen molar-refractivity contribution in [2.45, 2.75) is 45.7 Å². The molecule has 1 aliphatic rings. The molecule has 0 bridgehead atoms. The minimum atomic E-state index is -3.91. The van der Waals surface area contributed by atoms with Crippen molar-refractivity contribution in [3.8, 4) is 17.2 Å². The van der Waals surface area contributed by atoms with Gasteiger partial charge in [0, 0.05) is 25.6 Å². The molecule has 1 N–H and O–H groups in total.